The molecule has 0 saturated heterocycles. The van der Waals surface area contributed by atoms with Gasteiger partial charge in [0, 0.05) is 17.2 Å². The second-order valence-corrected chi connectivity index (χ2v) is 7.32. The van der Waals surface area contributed by atoms with Crippen molar-refractivity contribution in [2.24, 2.45) is 0 Å². The van der Waals surface area contributed by atoms with Crippen molar-refractivity contribution in [1.29, 1.82) is 0 Å². The van der Waals surface area contributed by atoms with Crippen LogP contribution in [0.15, 0.2) is 78.9 Å². The van der Waals surface area contributed by atoms with E-state index in [0.717, 1.165) is 28.3 Å². The fourth-order valence-corrected chi connectivity index (χ4v) is 4.21. The number of nitrogens with one attached hydrogen (secondary N) is 1. The number of hydrogen-bond donors (Lipinski definition) is 1. The molecule has 0 aliphatic heterocycles. The summed E-state index contributed by atoms with van der Waals surface area (Å²) in [6.07, 6.45) is 1.36. The molecule has 0 atom stereocenters. The molecule has 2 nitrogen and oxygen atoms in total. The number of carbonyl (C=O) groups excluding carboxylic acids is 1. The average Bonchev–Trinajstić information content (AvgIpc) is 2.73. The maximum absolute atomic E-state index is 12.6. The molecule has 0 radical (unpaired) electrons. The quantitative estimate of drug-likeness (QED) is 0.270. The third-order valence-corrected chi connectivity index (χ3v) is 5.49. The third-order valence-electron chi connectivity index (χ3n) is 5.49. The van der Waals surface area contributed by atoms with Crippen LogP contribution in [0.2, 0.25) is 0 Å². The zero-order chi connectivity index (χ0) is 19.1. The highest BCUT2D eigenvalue weighted by molar-refractivity contribution is 6.26. The van der Waals surface area contributed by atoms with Crippen LogP contribution in [0.3, 0.4) is 0 Å². The smallest absolute Gasteiger partial charge is 0.224 e. The van der Waals surface area contributed by atoms with E-state index in [4.69, 9.17) is 0 Å². The Morgan fingerprint density at radius 2 is 1.36 bits per heavy atom. The molecule has 0 saturated carbocycles. The average molecular weight is 363 g/mol. The summed E-state index contributed by atoms with van der Waals surface area (Å²) < 4.78 is 0. The van der Waals surface area contributed by atoms with Gasteiger partial charge in [0.25, 0.3) is 0 Å². The van der Waals surface area contributed by atoms with Crippen LogP contribution >= 0.6 is 0 Å². The van der Waals surface area contributed by atoms with Crippen LogP contribution in [0.1, 0.15) is 19.8 Å². The van der Waals surface area contributed by atoms with Gasteiger partial charge in [-0.25, -0.2) is 0 Å². The molecule has 0 fully saturated rings. The van der Waals surface area contributed by atoms with Gasteiger partial charge in [-0.3, -0.25) is 4.79 Å². The number of benzene rings is 5. The fourth-order valence-electron chi connectivity index (χ4n) is 4.21. The predicted molar refractivity (Wildman–Crippen MR) is 120 cm³/mol. The van der Waals surface area contributed by atoms with E-state index in [2.05, 4.69) is 84.2 Å². The number of hydrogen-bond acceptors (Lipinski definition) is 1. The maximum Gasteiger partial charge on any atom is 0.224 e. The van der Waals surface area contributed by atoms with E-state index in [1.807, 2.05) is 6.92 Å². The van der Waals surface area contributed by atoms with E-state index in [1.54, 1.807) is 0 Å². The first-order valence-electron chi connectivity index (χ1n) is 9.82. The lowest BCUT2D eigenvalue weighted by atomic mass is 9.93. The van der Waals surface area contributed by atoms with Crippen LogP contribution in [0.5, 0.6) is 0 Å². The molecule has 5 aromatic carbocycles. The van der Waals surface area contributed by atoms with Crippen molar-refractivity contribution < 1.29 is 4.79 Å². The SMILES string of the molecule is CCCC(=O)Nc1c2ccc3ccccc3c2cc2ccc3ccccc3c12. The minimum Gasteiger partial charge on any atom is -0.325 e. The molecule has 0 unspecified atom stereocenters. The molecule has 0 aromatic heterocycles. The van der Waals surface area contributed by atoms with Gasteiger partial charge in [0.05, 0.1) is 5.69 Å². The van der Waals surface area contributed by atoms with Crippen LogP contribution in [0.25, 0.3) is 43.1 Å². The molecule has 0 spiro atoms. The minimum absolute atomic E-state index is 0.0670. The number of anilines is 1. The van der Waals surface area contributed by atoms with E-state index in [0.29, 0.717) is 6.42 Å². The number of carbonyl (C=O) groups is 1. The van der Waals surface area contributed by atoms with Crippen LogP contribution < -0.4 is 5.32 Å². The zero-order valence-electron chi connectivity index (χ0n) is 15.8. The molecule has 1 amide bonds. The van der Waals surface area contributed by atoms with E-state index >= 15 is 0 Å². The molecule has 5 rings (SSSR count). The summed E-state index contributed by atoms with van der Waals surface area (Å²) in [6.45, 7) is 2.03. The molecule has 0 bridgehead atoms. The Kier molecular flexibility index (Phi) is 3.98. The zero-order valence-corrected chi connectivity index (χ0v) is 15.8. The Morgan fingerprint density at radius 1 is 0.714 bits per heavy atom. The van der Waals surface area contributed by atoms with Crippen molar-refractivity contribution in [3.63, 3.8) is 0 Å². The Bertz CT molecular complexity index is 1370. The Balaban J connectivity index is 1.95. The molecule has 5 aromatic rings. The van der Waals surface area contributed by atoms with Crippen molar-refractivity contribution in [3.05, 3.63) is 78.9 Å². The Hall–Kier alpha value is -3.39. The number of amides is 1. The first kappa shape index (κ1) is 16.8. The topological polar surface area (TPSA) is 29.1 Å². The van der Waals surface area contributed by atoms with Gasteiger partial charge in [0.1, 0.15) is 0 Å². The summed E-state index contributed by atoms with van der Waals surface area (Å²) in [5.41, 5.74) is 0.925. The number of rotatable bonds is 3. The predicted octanol–water partition coefficient (Wildman–Crippen LogP) is 7.04. The first-order chi connectivity index (χ1) is 13.8. The van der Waals surface area contributed by atoms with Gasteiger partial charge >= 0.3 is 0 Å². The molecule has 136 valence electrons. The van der Waals surface area contributed by atoms with E-state index in [1.165, 1.54) is 26.9 Å². The van der Waals surface area contributed by atoms with Crippen molar-refractivity contribution in [2.75, 3.05) is 5.32 Å². The van der Waals surface area contributed by atoms with Crippen molar-refractivity contribution >= 4 is 54.7 Å². The highest BCUT2D eigenvalue weighted by Crippen LogP contribution is 2.40. The molecule has 2 heteroatoms. The molecule has 28 heavy (non-hydrogen) atoms. The van der Waals surface area contributed by atoms with Gasteiger partial charge in [-0.15, -0.1) is 0 Å². The lowest BCUT2D eigenvalue weighted by Gasteiger charge is -2.16. The Morgan fingerprint density at radius 3 is 2.14 bits per heavy atom. The lowest BCUT2D eigenvalue weighted by Crippen LogP contribution is -2.11. The molecular formula is C26H21NO. The van der Waals surface area contributed by atoms with Crippen LogP contribution in [-0.2, 0) is 4.79 Å². The molecular weight excluding hydrogens is 342 g/mol. The summed E-state index contributed by atoms with van der Waals surface area (Å²) in [7, 11) is 0. The van der Waals surface area contributed by atoms with E-state index in [9.17, 15) is 4.79 Å². The summed E-state index contributed by atoms with van der Waals surface area (Å²) in [5.74, 6) is 0.0670. The third kappa shape index (κ3) is 2.61. The van der Waals surface area contributed by atoms with E-state index < -0.39 is 0 Å². The van der Waals surface area contributed by atoms with E-state index in [-0.39, 0.29) is 5.91 Å². The summed E-state index contributed by atoms with van der Waals surface area (Å²) in [6, 6.07) is 27.7. The highest BCUT2D eigenvalue weighted by Gasteiger charge is 2.14. The van der Waals surface area contributed by atoms with Crippen molar-refractivity contribution in [3.8, 4) is 0 Å². The standard InChI is InChI=1S/C26H21NO/c1-2-7-24(28)27-26-22-15-14-17-8-3-5-10-20(17)23(22)16-19-13-12-18-9-4-6-11-21(18)25(19)26/h3-6,8-16H,2,7H2,1H3,(H,27,28). The molecule has 0 aliphatic carbocycles. The van der Waals surface area contributed by atoms with Crippen LogP contribution in [-0.4, -0.2) is 5.91 Å². The number of fused-ring (bicyclic) bond motifs is 6. The van der Waals surface area contributed by atoms with Gasteiger partial charge < -0.3 is 5.32 Å². The normalized spacial score (nSPS) is 11.5. The van der Waals surface area contributed by atoms with Crippen molar-refractivity contribution in [1.82, 2.24) is 0 Å². The van der Waals surface area contributed by atoms with Crippen LogP contribution in [0.4, 0.5) is 5.69 Å². The van der Waals surface area contributed by atoms with Crippen molar-refractivity contribution in [2.45, 2.75) is 19.8 Å². The van der Waals surface area contributed by atoms with Gasteiger partial charge in [0.15, 0.2) is 0 Å². The Labute approximate surface area is 163 Å². The summed E-state index contributed by atoms with van der Waals surface area (Å²) >= 11 is 0. The van der Waals surface area contributed by atoms with Gasteiger partial charge in [-0.2, -0.15) is 0 Å². The fraction of sp³-hybridized carbons (Fsp3) is 0.115. The second kappa shape index (κ2) is 6.65. The van der Waals surface area contributed by atoms with Gasteiger partial charge in [-0.05, 0) is 44.8 Å². The molecule has 0 heterocycles. The highest BCUT2D eigenvalue weighted by atomic mass is 16.1. The lowest BCUT2D eigenvalue weighted by molar-refractivity contribution is -0.116. The first-order valence-corrected chi connectivity index (χ1v) is 9.82. The monoisotopic (exact) mass is 363 g/mol. The largest absolute Gasteiger partial charge is 0.325 e. The van der Waals surface area contributed by atoms with Gasteiger partial charge in [-0.1, -0.05) is 79.7 Å². The summed E-state index contributed by atoms with van der Waals surface area (Å²) in [5, 5.41) is 12.5. The van der Waals surface area contributed by atoms with Gasteiger partial charge in [0.2, 0.25) is 5.91 Å². The molecule has 0 aliphatic rings. The second-order valence-electron chi connectivity index (χ2n) is 7.32. The summed E-state index contributed by atoms with van der Waals surface area (Å²) in [4.78, 5) is 12.6. The maximum atomic E-state index is 12.6. The molecule has 1 N–H and O–H groups in total. The van der Waals surface area contributed by atoms with Crippen LogP contribution in [0, 0.1) is 0 Å². The minimum atomic E-state index is 0.0670.